The van der Waals surface area contributed by atoms with Crippen LogP contribution in [0.3, 0.4) is 0 Å². The van der Waals surface area contributed by atoms with Crippen LogP contribution in [0.4, 0.5) is 0 Å². The van der Waals surface area contributed by atoms with Crippen molar-refractivity contribution in [1.29, 1.82) is 0 Å². The van der Waals surface area contributed by atoms with E-state index in [0.29, 0.717) is 17.8 Å². The molecular weight excluding hydrogens is 376 g/mol. The summed E-state index contributed by atoms with van der Waals surface area (Å²) < 4.78 is 4.27. The number of hydrogen-bond donors (Lipinski definition) is 2. The molecule has 2 rings (SSSR count). The normalized spacial score (nSPS) is 12.1. The van der Waals surface area contributed by atoms with Crippen LogP contribution in [0, 0.1) is 26.7 Å². The molecule has 2 N–H and O–H groups in total. The summed E-state index contributed by atoms with van der Waals surface area (Å²) in [5.41, 5.74) is 7.73. The van der Waals surface area contributed by atoms with E-state index >= 15 is 0 Å². The smallest absolute Gasteiger partial charge is 0.273 e. The van der Waals surface area contributed by atoms with Gasteiger partial charge in [-0.15, -0.1) is 0 Å². The van der Waals surface area contributed by atoms with Gasteiger partial charge in [0.25, 0.3) is 5.91 Å². The minimum Gasteiger partial charge on any atom is -0.275 e. The van der Waals surface area contributed by atoms with Crippen LogP contribution in [-0.4, -0.2) is 31.4 Å². The Bertz CT molecular complexity index is 779. The zero-order valence-corrected chi connectivity index (χ0v) is 15.9. The maximum absolute atomic E-state index is 12.2. The van der Waals surface area contributed by atoms with Crippen LogP contribution in [0.5, 0.6) is 0 Å². The molecule has 2 aromatic heterocycles. The lowest BCUT2D eigenvalue weighted by Gasteiger charge is -2.14. The summed E-state index contributed by atoms with van der Waals surface area (Å²) in [6, 6.07) is 0. The monoisotopic (exact) mass is 396 g/mol. The molecule has 130 valence electrons. The van der Waals surface area contributed by atoms with Crippen molar-refractivity contribution in [3.8, 4) is 0 Å². The number of aromatic nitrogens is 4. The molecule has 0 aliphatic heterocycles. The van der Waals surface area contributed by atoms with E-state index in [0.717, 1.165) is 15.9 Å². The van der Waals surface area contributed by atoms with Crippen LogP contribution >= 0.6 is 15.9 Å². The highest BCUT2D eigenvalue weighted by atomic mass is 79.9. The van der Waals surface area contributed by atoms with E-state index in [4.69, 9.17) is 0 Å². The van der Waals surface area contributed by atoms with E-state index in [9.17, 15) is 9.59 Å². The van der Waals surface area contributed by atoms with Crippen LogP contribution in [0.2, 0.25) is 0 Å². The summed E-state index contributed by atoms with van der Waals surface area (Å²) in [6.45, 7) is 7.77. The third kappa shape index (κ3) is 3.84. The van der Waals surface area contributed by atoms with Crippen LogP contribution in [0.15, 0.2) is 10.7 Å². The topological polar surface area (TPSA) is 93.8 Å². The van der Waals surface area contributed by atoms with Gasteiger partial charge in [0.2, 0.25) is 5.91 Å². The zero-order valence-electron chi connectivity index (χ0n) is 14.3. The lowest BCUT2D eigenvalue weighted by molar-refractivity contribution is -0.125. The summed E-state index contributed by atoms with van der Waals surface area (Å²) in [5.74, 6) is -1.03. The first-order chi connectivity index (χ1) is 11.2. The number of halogens is 1. The Morgan fingerprint density at radius 1 is 1.21 bits per heavy atom. The van der Waals surface area contributed by atoms with Gasteiger partial charge in [-0.2, -0.15) is 10.2 Å². The average molecular weight is 397 g/mol. The Labute approximate surface area is 148 Å². The quantitative estimate of drug-likeness (QED) is 0.763. The lowest BCUT2D eigenvalue weighted by atomic mass is 10.1. The first kappa shape index (κ1) is 18.2. The highest BCUT2D eigenvalue weighted by molar-refractivity contribution is 9.10. The molecule has 0 aromatic carbocycles. The Kier molecular flexibility index (Phi) is 5.43. The highest BCUT2D eigenvalue weighted by Gasteiger charge is 2.19. The SMILES string of the molecule is Cc1nn(C)cc1C(=O)NNC(=O)[C@H](C)Cn1nc(C)c(Br)c1C. The van der Waals surface area contributed by atoms with Gasteiger partial charge in [0.1, 0.15) is 0 Å². The van der Waals surface area contributed by atoms with Gasteiger partial charge >= 0.3 is 0 Å². The second-order valence-corrected chi connectivity index (χ2v) is 6.61. The molecule has 2 heterocycles. The van der Waals surface area contributed by atoms with Crippen LogP contribution in [0.1, 0.15) is 34.4 Å². The van der Waals surface area contributed by atoms with Gasteiger partial charge in [-0.25, -0.2) is 0 Å². The standard InChI is InChI=1S/C15H21BrN6O2/c1-8(6-22-11(4)13(16)10(3)20-22)14(23)17-18-15(24)12-7-21(5)19-9(12)2/h7-8H,6H2,1-5H3,(H,17,23)(H,18,24)/t8-/m1/s1. The number of hydrazine groups is 1. The fraction of sp³-hybridized carbons (Fsp3) is 0.467. The molecule has 2 aromatic rings. The number of rotatable bonds is 4. The molecule has 0 bridgehead atoms. The maximum atomic E-state index is 12.2. The summed E-state index contributed by atoms with van der Waals surface area (Å²) in [6.07, 6.45) is 1.60. The van der Waals surface area contributed by atoms with E-state index < -0.39 is 5.91 Å². The van der Waals surface area contributed by atoms with Gasteiger partial charge in [-0.3, -0.25) is 29.8 Å². The van der Waals surface area contributed by atoms with Gasteiger partial charge in [-0.1, -0.05) is 6.92 Å². The molecule has 1 atom stereocenters. The number of aryl methyl sites for hydroxylation is 3. The summed E-state index contributed by atoms with van der Waals surface area (Å²) in [7, 11) is 1.73. The fourth-order valence-corrected chi connectivity index (χ4v) is 2.61. The van der Waals surface area contributed by atoms with Crippen molar-refractivity contribution in [2.75, 3.05) is 0 Å². The van der Waals surface area contributed by atoms with E-state index in [1.807, 2.05) is 13.8 Å². The Balaban J connectivity index is 1.93. The third-order valence-electron chi connectivity index (χ3n) is 3.74. The molecule has 0 saturated heterocycles. The molecule has 8 nitrogen and oxygen atoms in total. The molecule has 0 unspecified atom stereocenters. The van der Waals surface area contributed by atoms with Gasteiger partial charge in [0, 0.05) is 18.9 Å². The van der Waals surface area contributed by atoms with Crippen molar-refractivity contribution in [1.82, 2.24) is 30.4 Å². The summed E-state index contributed by atoms with van der Waals surface area (Å²) >= 11 is 3.46. The Morgan fingerprint density at radius 3 is 2.38 bits per heavy atom. The third-order valence-corrected chi connectivity index (χ3v) is 4.89. The number of hydrogen-bond acceptors (Lipinski definition) is 4. The molecule has 9 heteroatoms. The van der Waals surface area contributed by atoms with Gasteiger partial charge in [-0.05, 0) is 36.7 Å². The van der Waals surface area contributed by atoms with Crippen molar-refractivity contribution >= 4 is 27.7 Å². The Hall–Kier alpha value is -2.16. The molecule has 0 aliphatic rings. The van der Waals surface area contributed by atoms with E-state index in [2.05, 4.69) is 37.0 Å². The first-order valence-electron chi connectivity index (χ1n) is 7.50. The molecule has 0 radical (unpaired) electrons. The fourth-order valence-electron chi connectivity index (χ4n) is 2.33. The second kappa shape index (κ2) is 7.16. The first-order valence-corrected chi connectivity index (χ1v) is 8.30. The van der Waals surface area contributed by atoms with Crippen LogP contribution in [0.25, 0.3) is 0 Å². The predicted molar refractivity (Wildman–Crippen MR) is 92.1 cm³/mol. The van der Waals surface area contributed by atoms with Gasteiger partial charge in [0.05, 0.1) is 33.9 Å². The molecule has 0 spiro atoms. The molecule has 0 fully saturated rings. The Morgan fingerprint density at radius 2 is 1.88 bits per heavy atom. The van der Waals surface area contributed by atoms with E-state index in [-0.39, 0.29) is 11.8 Å². The minimum absolute atomic E-state index is 0.284. The van der Waals surface area contributed by atoms with Crippen LogP contribution < -0.4 is 10.9 Å². The van der Waals surface area contributed by atoms with Crippen molar-refractivity contribution in [2.45, 2.75) is 34.2 Å². The number of carbonyl (C=O) groups excluding carboxylic acids is 2. The van der Waals surface area contributed by atoms with E-state index in [1.54, 1.807) is 36.5 Å². The number of nitrogens with zero attached hydrogens (tertiary/aromatic N) is 4. The van der Waals surface area contributed by atoms with Crippen molar-refractivity contribution in [3.05, 3.63) is 33.3 Å². The molecule has 24 heavy (non-hydrogen) atoms. The molecule has 2 amide bonds. The van der Waals surface area contributed by atoms with Crippen molar-refractivity contribution in [2.24, 2.45) is 13.0 Å². The lowest BCUT2D eigenvalue weighted by Crippen LogP contribution is -2.45. The van der Waals surface area contributed by atoms with Crippen LogP contribution in [-0.2, 0) is 18.4 Å². The van der Waals surface area contributed by atoms with Crippen molar-refractivity contribution in [3.63, 3.8) is 0 Å². The summed E-state index contributed by atoms with van der Waals surface area (Å²) in [5, 5.41) is 8.48. The number of nitrogens with one attached hydrogen (secondary N) is 2. The molecular formula is C15H21BrN6O2. The average Bonchev–Trinajstić information content (AvgIpc) is 2.98. The maximum Gasteiger partial charge on any atom is 0.273 e. The molecule has 0 saturated carbocycles. The number of carbonyl (C=O) groups is 2. The van der Waals surface area contributed by atoms with Gasteiger partial charge in [0.15, 0.2) is 0 Å². The predicted octanol–water partition coefficient (Wildman–Crippen LogP) is 1.40. The van der Waals surface area contributed by atoms with Crippen molar-refractivity contribution < 1.29 is 9.59 Å². The zero-order chi connectivity index (χ0) is 18.0. The largest absolute Gasteiger partial charge is 0.275 e. The van der Waals surface area contributed by atoms with Gasteiger partial charge < -0.3 is 0 Å². The summed E-state index contributed by atoms with van der Waals surface area (Å²) in [4.78, 5) is 24.2. The second-order valence-electron chi connectivity index (χ2n) is 5.81. The van der Waals surface area contributed by atoms with E-state index in [1.165, 1.54) is 0 Å². The minimum atomic E-state index is -0.394. The highest BCUT2D eigenvalue weighted by Crippen LogP contribution is 2.20. The number of amides is 2. The molecule has 0 aliphatic carbocycles.